The Hall–Kier alpha value is -4.35. The van der Waals surface area contributed by atoms with Crippen molar-refractivity contribution in [3.05, 3.63) is 98.5 Å². The fraction of sp³-hybridized carbons (Fsp3) is 0.314. The van der Waals surface area contributed by atoms with Crippen LogP contribution in [0.5, 0.6) is 11.5 Å². The summed E-state index contributed by atoms with van der Waals surface area (Å²) in [5.74, 6) is -0.428. The number of thioether (sulfide) groups is 1. The lowest BCUT2D eigenvalue weighted by Gasteiger charge is -2.43. The number of nitrogens with zero attached hydrogens (tertiary/aromatic N) is 1. The average molecular weight is 654 g/mol. The molecular formula is C35H31N3O6S2. The number of ether oxygens (including phenoxy) is 2. The lowest BCUT2D eigenvalue weighted by atomic mass is 9.68. The summed E-state index contributed by atoms with van der Waals surface area (Å²) in [6.07, 6.45) is 0.807. The molecule has 3 aromatic carbocycles. The Kier molecular flexibility index (Phi) is 7.06. The van der Waals surface area contributed by atoms with Gasteiger partial charge in [0.2, 0.25) is 11.8 Å². The summed E-state index contributed by atoms with van der Waals surface area (Å²) >= 11 is 2.87. The summed E-state index contributed by atoms with van der Waals surface area (Å²) in [5.41, 5.74) is 3.32. The van der Waals surface area contributed by atoms with Gasteiger partial charge >= 0.3 is 4.87 Å². The molecule has 8 rings (SSSR count). The van der Waals surface area contributed by atoms with Gasteiger partial charge in [0, 0.05) is 21.7 Å². The molecule has 1 aromatic heterocycles. The van der Waals surface area contributed by atoms with E-state index in [2.05, 4.69) is 10.3 Å². The number of thiazole rings is 1. The summed E-state index contributed by atoms with van der Waals surface area (Å²) in [4.78, 5) is 58.4. The third kappa shape index (κ3) is 4.59. The molecule has 9 nitrogen and oxygen atoms in total. The van der Waals surface area contributed by atoms with E-state index in [1.807, 2.05) is 61.5 Å². The van der Waals surface area contributed by atoms with Gasteiger partial charge in [-0.1, -0.05) is 53.3 Å². The standard InChI is InChI=1S/C35H31N3O6S2/c1-17-8-11-20(12-9-17)38-33(40)28-21-15-22(29(28)34(38)41)30-27(21)26(31-32(45-30)37-35(42)46-31)18-10-13-23(24(14-18)43-2)44-16-25(39)36-19-6-4-3-5-7-19/h3-14,21-22,26-30H,15-16H2,1-2H3,(H,36,39)(H,37,42)/t21?,22?,26-,27?,28?,29?,30?/m1/s1. The number of amides is 3. The summed E-state index contributed by atoms with van der Waals surface area (Å²) < 4.78 is 11.6. The Morgan fingerprint density at radius 1 is 0.957 bits per heavy atom. The third-order valence-electron chi connectivity index (χ3n) is 9.98. The van der Waals surface area contributed by atoms with Crippen LogP contribution in [0.15, 0.2) is 82.6 Å². The Bertz CT molecular complexity index is 1920. The number of fused-ring (bicyclic) bond motifs is 9. The van der Waals surface area contributed by atoms with Gasteiger partial charge in [0.05, 0.1) is 29.7 Å². The largest absolute Gasteiger partial charge is 0.493 e. The molecule has 4 aliphatic rings. The second-order valence-electron chi connectivity index (χ2n) is 12.4. The van der Waals surface area contributed by atoms with E-state index in [1.165, 1.54) is 16.2 Å². The van der Waals surface area contributed by atoms with E-state index in [9.17, 15) is 19.2 Å². The number of anilines is 2. The maximum absolute atomic E-state index is 14.0. The fourth-order valence-electron chi connectivity index (χ4n) is 8.20. The van der Waals surface area contributed by atoms with E-state index in [0.29, 0.717) is 22.9 Å². The van der Waals surface area contributed by atoms with Crippen molar-refractivity contribution >= 4 is 52.2 Å². The van der Waals surface area contributed by atoms with E-state index < -0.39 is 0 Å². The first-order valence-corrected chi connectivity index (χ1v) is 17.0. The van der Waals surface area contributed by atoms with E-state index in [4.69, 9.17) is 9.47 Å². The molecular weight excluding hydrogens is 623 g/mol. The van der Waals surface area contributed by atoms with Crippen LogP contribution in [0.25, 0.3) is 0 Å². The van der Waals surface area contributed by atoms with Crippen LogP contribution in [-0.4, -0.2) is 41.7 Å². The average Bonchev–Trinajstić information content (AvgIpc) is 3.80. The zero-order valence-electron chi connectivity index (χ0n) is 25.1. The molecule has 234 valence electrons. The molecule has 4 aromatic rings. The van der Waals surface area contributed by atoms with Crippen LogP contribution in [0.4, 0.5) is 11.4 Å². The van der Waals surface area contributed by atoms with Crippen molar-refractivity contribution in [2.45, 2.75) is 29.5 Å². The molecule has 3 heterocycles. The zero-order valence-corrected chi connectivity index (χ0v) is 26.7. The van der Waals surface area contributed by atoms with E-state index in [1.54, 1.807) is 37.1 Å². The van der Waals surface area contributed by atoms with Gasteiger partial charge in [0.25, 0.3) is 5.91 Å². The van der Waals surface area contributed by atoms with Gasteiger partial charge in [-0.15, -0.1) is 11.8 Å². The molecule has 3 fully saturated rings. The van der Waals surface area contributed by atoms with Gasteiger partial charge in [-0.25, -0.2) is 0 Å². The number of hydrogen-bond donors (Lipinski definition) is 2. The van der Waals surface area contributed by atoms with Crippen LogP contribution in [0.3, 0.4) is 0 Å². The molecule has 46 heavy (non-hydrogen) atoms. The number of para-hydroxylation sites is 1. The van der Waals surface area contributed by atoms with Crippen molar-refractivity contribution in [1.82, 2.24) is 4.98 Å². The number of carbonyl (C=O) groups excluding carboxylic acids is 3. The molecule has 2 bridgehead atoms. The SMILES string of the molecule is COc1cc([C@H]2c3sc(=O)[nH]c3SC3C4CC(C5C(=O)N(c6ccc(C)cc6)C(=O)C45)C32)ccc1OCC(=O)Nc1ccccc1. The lowest BCUT2D eigenvalue weighted by Crippen LogP contribution is -2.42. The van der Waals surface area contributed by atoms with Crippen LogP contribution in [0, 0.1) is 36.5 Å². The van der Waals surface area contributed by atoms with E-state index >= 15 is 0 Å². The minimum atomic E-state index is -0.381. The van der Waals surface area contributed by atoms with Gasteiger partial charge in [-0.3, -0.25) is 24.1 Å². The molecule has 2 aliphatic carbocycles. The lowest BCUT2D eigenvalue weighted by molar-refractivity contribution is -0.123. The number of benzene rings is 3. The van der Waals surface area contributed by atoms with Crippen molar-refractivity contribution in [3.63, 3.8) is 0 Å². The summed E-state index contributed by atoms with van der Waals surface area (Å²) in [6, 6.07) is 22.4. The number of aryl methyl sites for hydroxylation is 1. The quantitative estimate of drug-likeness (QED) is 0.255. The van der Waals surface area contributed by atoms with Crippen LogP contribution in [0.2, 0.25) is 0 Å². The van der Waals surface area contributed by atoms with E-state index in [0.717, 1.165) is 27.5 Å². The van der Waals surface area contributed by atoms with Gasteiger partial charge < -0.3 is 19.8 Å². The fourth-order valence-corrected chi connectivity index (χ4v) is 11.1. The third-order valence-corrected chi connectivity index (χ3v) is 12.6. The number of rotatable bonds is 7. The smallest absolute Gasteiger partial charge is 0.305 e. The number of carbonyl (C=O) groups is 3. The minimum Gasteiger partial charge on any atom is -0.493 e. The highest BCUT2D eigenvalue weighted by atomic mass is 32.2. The van der Waals surface area contributed by atoms with Crippen molar-refractivity contribution in [3.8, 4) is 11.5 Å². The topological polar surface area (TPSA) is 118 Å². The predicted molar refractivity (Wildman–Crippen MR) is 176 cm³/mol. The number of aromatic nitrogens is 1. The number of hydrogen-bond acceptors (Lipinski definition) is 8. The highest BCUT2D eigenvalue weighted by Crippen LogP contribution is 2.68. The first-order chi connectivity index (χ1) is 22.3. The Balaban J connectivity index is 1.10. The molecule has 6 unspecified atom stereocenters. The molecule has 3 amide bonds. The van der Waals surface area contributed by atoms with Crippen LogP contribution in [-0.2, 0) is 14.4 Å². The maximum atomic E-state index is 14.0. The number of aromatic amines is 1. The molecule has 7 atom stereocenters. The number of imide groups is 1. The monoisotopic (exact) mass is 653 g/mol. The molecule has 0 radical (unpaired) electrons. The van der Waals surface area contributed by atoms with Crippen molar-refractivity contribution < 1.29 is 23.9 Å². The van der Waals surface area contributed by atoms with Crippen molar-refractivity contribution in [2.24, 2.45) is 29.6 Å². The molecule has 2 aliphatic heterocycles. The first kappa shape index (κ1) is 29.1. The highest BCUT2D eigenvalue weighted by molar-refractivity contribution is 8.00. The van der Waals surface area contributed by atoms with Gasteiger partial charge in [-0.05, 0) is 73.1 Å². The van der Waals surface area contributed by atoms with Gasteiger partial charge in [0.15, 0.2) is 18.1 Å². The Labute approximate surface area is 273 Å². The molecule has 1 saturated heterocycles. The van der Waals surface area contributed by atoms with Crippen molar-refractivity contribution in [2.75, 3.05) is 23.9 Å². The van der Waals surface area contributed by atoms with Crippen LogP contribution in [0.1, 0.15) is 28.3 Å². The molecule has 2 N–H and O–H groups in total. The highest BCUT2D eigenvalue weighted by Gasteiger charge is 2.69. The minimum absolute atomic E-state index is 0.00152. The van der Waals surface area contributed by atoms with E-state index in [-0.39, 0.29) is 70.0 Å². The molecule has 0 spiro atoms. The predicted octanol–water partition coefficient (Wildman–Crippen LogP) is 5.45. The summed E-state index contributed by atoms with van der Waals surface area (Å²) in [6.45, 7) is 1.78. The zero-order chi connectivity index (χ0) is 31.7. The second-order valence-corrected chi connectivity index (χ2v) is 14.6. The summed E-state index contributed by atoms with van der Waals surface area (Å²) in [7, 11) is 1.56. The second kappa shape index (κ2) is 11.2. The van der Waals surface area contributed by atoms with Crippen LogP contribution >= 0.6 is 23.1 Å². The van der Waals surface area contributed by atoms with Crippen LogP contribution < -0.4 is 24.6 Å². The first-order valence-electron chi connectivity index (χ1n) is 15.3. The summed E-state index contributed by atoms with van der Waals surface area (Å²) in [5, 5.41) is 3.73. The number of H-pyrrole nitrogens is 1. The Morgan fingerprint density at radius 2 is 1.70 bits per heavy atom. The van der Waals surface area contributed by atoms with Crippen molar-refractivity contribution in [1.29, 1.82) is 0 Å². The normalized spacial score (nSPS) is 27.3. The Morgan fingerprint density at radius 3 is 2.43 bits per heavy atom. The maximum Gasteiger partial charge on any atom is 0.305 e. The number of methoxy groups -OCH3 is 1. The molecule has 2 saturated carbocycles. The van der Waals surface area contributed by atoms with Gasteiger partial charge in [-0.2, -0.15) is 0 Å². The number of nitrogens with one attached hydrogen (secondary N) is 2. The van der Waals surface area contributed by atoms with Gasteiger partial charge in [0.1, 0.15) is 0 Å². The molecule has 11 heteroatoms.